The number of nitrogens with zero attached hydrogens (tertiary/aromatic N) is 3. The van der Waals surface area contributed by atoms with E-state index >= 15 is 0 Å². The second-order valence-corrected chi connectivity index (χ2v) is 8.73. The molecule has 8 nitrogen and oxygen atoms in total. The van der Waals surface area contributed by atoms with Crippen LogP contribution in [0.4, 0.5) is 5.95 Å². The summed E-state index contributed by atoms with van der Waals surface area (Å²) in [5.74, 6) is -0.820. The van der Waals surface area contributed by atoms with Gasteiger partial charge in [0.2, 0.25) is 5.95 Å². The Kier molecular flexibility index (Phi) is 5.78. The maximum Gasteiger partial charge on any atom is 0.302 e. The fourth-order valence-corrected chi connectivity index (χ4v) is 4.07. The van der Waals surface area contributed by atoms with Crippen molar-refractivity contribution in [1.82, 2.24) is 15.0 Å². The molecule has 35 heavy (non-hydrogen) atoms. The molecule has 1 saturated heterocycles. The third-order valence-electron chi connectivity index (χ3n) is 5.71. The molecule has 2 N–H and O–H groups in total. The van der Waals surface area contributed by atoms with Crippen LogP contribution in [0, 0.1) is 5.92 Å². The molecule has 0 bridgehead atoms. The summed E-state index contributed by atoms with van der Waals surface area (Å²) < 4.78 is 5.78. The molecular formula is C27H24N4O4. The van der Waals surface area contributed by atoms with E-state index in [1.165, 1.54) is 4.90 Å². The monoisotopic (exact) mass is 468 g/mol. The third-order valence-corrected chi connectivity index (χ3v) is 5.71. The molecule has 0 saturated carbocycles. The van der Waals surface area contributed by atoms with Crippen LogP contribution in [0.2, 0.25) is 0 Å². The van der Waals surface area contributed by atoms with Crippen LogP contribution in [0.25, 0.3) is 16.8 Å². The van der Waals surface area contributed by atoms with Crippen molar-refractivity contribution in [3.63, 3.8) is 0 Å². The van der Waals surface area contributed by atoms with Crippen LogP contribution < -0.4 is 9.64 Å². The fraction of sp³-hybridized carbons (Fsp3) is 0.185. The summed E-state index contributed by atoms with van der Waals surface area (Å²) in [6, 6.07) is 18.4. The Morgan fingerprint density at radius 2 is 1.89 bits per heavy atom. The first kappa shape index (κ1) is 22.3. The SMILES string of the molecule is CC(C)COc1cccc(/C(O)=C2\C(=O)C(=O)N(c3nc4ccccc4[nH]3)C2c2ccccn2)c1. The van der Waals surface area contributed by atoms with Gasteiger partial charge in [-0.1, -0.05) is 44.2 Å². The molecule has 1 amide bonds. The summed E-state index contributed by atoms with van der Waals surface area (Å²) in [7, 11) is 0. The number of anilines is 1. The molecule has 1 aliphatic rings. The summed E-state index contributed by atoms with van der Waals surface area (Å²) >= 11 is 0. The molecule has 0 radical (unpaired) electrons. The number of aliphatic hydroxyl groups excluding tert-OH is 1. The minimum atomic E-state index is -0.961. The van der Waals surface area contributed by atoms with E-state index in [1.807, 2.05) is 38.1 Å². The molecule has 2 aromatic carbocycles. The second kappa shape index (κ2) is 9.06. The normalized spacial score (nSPS) is 17.5. The standard InChI is InChI=1S/C27H24N4O4/c1-16(2)15-35-18-9-7-8-17(14-18)24(32)22-23(21-12-5-6-13-28-21)31(26(34)25(22)33)27-29-19-10-3-4-11-20(19)30-27/h3-14,16,23,32H,15H2,1-2H3,(H,29,30)/b24-22+. The molecule has 2 aromatic heterocycles. The van der Waals surface area contributed by atoms with Gasteiger partial charge in [0.05, 0.1) is 28.9 Å². The summed E-state index contributed by atoms with van der Waals surface area (Å²) in [4.78, 5) is 39.9. The van der Waals surface area contributed by atoms with Crippen LogP contribution in [0.3, 0.4) is 0 Å². The van der Waals surface area contributed by atoms with E-state index in [1.54, 1.807) is 48.7 Å². The lowest BCUT2D eigenvalue weighted by atomic mass is 9.98. The van der Waals surface area contributed by atoms with Gasteiger partial charge < -0.3 is 14.8 Å². The highest BCUT2D eigenvalue weighted by atomic mass is 16.5. The second-order valence-electron chi connectivity index (χ2n) is 8.73. The lowest BCUT2D eigenvalue weighted by Crippen LogP contribution is -2.30. The molecule has 1 atom stereocenters. The number of Topliss-reactive ketones (excluding diaryl/α,β-unsaturated/α-hetero) is 1. The van der Waals surface area contributed by atoms with Gasteiger partial charge >= 0.3 is 5.91 Å². The number of ketones is 1. The molecule has 4 aromatic rings. The number of H-pyrrole nitrogens is 1. The molecule has 1 fully saturated rings. The van der Waals surface area contributed by atoms with Crippen LogP contribution in [0.5, 0.6) is 5.75 Å². The van der Waals surface area contributed by atoms with Gasteiger partial charge in [-0.25, -0.2) is 4.98 Å². The smallest absolute Gasteiger partial charge is 0.302 e. The van der Waals surface area contributed by atoms with Gasteiger partial charge in [-0.15, -0.1) is 0 Å². The van der Waals surface area contributed by atoms with Gasteiger partial charge in [-0.05, 0) is 42.3 Å². The lowest BCUT2D eigenvalue weighted by molar-refractivity contribution is -0.132. The number of carbonyl (C=O) groups is 2. The third kappa shape index (κ3) is 4.14. The Labute approximate surface area is 201 Å². The molecule has 5 rings (SSSR count). The zero-order chi connectivity index (χ0) is 24.5. The van der Waals surface area contributed by atoms with Crippen molar-refractivity contribution in [1.29, 1.82) is 0 Å². The van der Waals surface area contributed by atoms with Crippen molar-refractivity contribution >= 4 is 34.4 Å². The molecule has 0 spiro atoms. The van der Waals surface area contributed by atoms with E-state index in [0.717, 1.165) is 5.52 Å². The average Bonchev–Trinajstić information content (AvgIpc) is 3.41. The van der Waals surface area contributed by atoms with Crippen molar-refractivity contribution in [3.8, 4) is 5.75 Å². The Balaban J connectivity index is 1.64. The van der Waals surface area contributed by atoms with Crippen LogP contribution in [-0.2, 0) is 9.59 Å². The van der Waals surface area contributed by atoms with E-state index in [0.29, 0.717) is 35.0 Å². The number of imidazole rings is 1. The highest BCUT2D eigenvalue weighted by Gasteiger charge is 2.48. The van der Waals surface area contributed by atoms with Crippen molar-refractivity contribution in [2.45, 2.75) is 19.9 Å². The van der Waals surface area contributed by atoms with Crippen molar-refractivity contribution in [3.05, 3.63) is 89.8 Å². The summed E-state index contributed by atoms with van der Waals surface area (Å²) in [6.07, 6.45) is 1.58. The van der Waals surface area contributed by atoms with Gasteiger partial charge in [0.15, 0.2) is 0 Å². The van der Waals surface area contributed by atoms with Gasteiger partial charge in [-0.2, -0.15) is 0 Å². The maximum atomic E-state index is 13.3. The molecule has 1 unspecified atom stereocenters. The van der Waals surface area contributed by atoms with Crippen molar-refractivity contribution in [2.24, 2.45) is 5.92 Å². The summed E-state index contributed by atoms with van der Waals surface area (Å²) in [6.45, 7) is 4.58. The zero-order valence-electron chi connectivity index (χ0n) is 19.3. The van der Waals surface area contributed by atoms with Gasteiger partial charge in [0, 0.05) is 11.8 Å². The lowest BCUT2D eigenvalue weighted by Gasteiger charge is -2.22. The van der Waals surface area contributed by atoms with Gasteiger partial charge in [0.25, 0.3) is 5.78 Å². The van der Waals surface area contributed by atoms with Crippen LogP contribution in [0.1, 0.15) is 31.1 Å². The number of carbonyl (C=O) groups excluding carboxylic acids is 2. The zero-order valence-corrected chi connectivity index (χ0v) is 19.3. The number of aromatic amines is 1. The number of para-hydroxylation sites is 2. The topological polar surface area (TPSA) is 108 Å². The number of nitrogens with one attached hydrogen (secondary N) is 1. The summed E-state index contributed by atoms with van der Waals surface area (Å²) in [5.41, 5.74) is 2.12. The number of ether oxygens (including phenoxy) is 1. The molecule has 1 aliphatic heterocycles. The van der Waals surface area contributed by atoms with Crippen molar-refractivity contribution in [2.75, 3.05) is 11.5 Å². The van der Waals surface area contributed by atoms with Crippen molar-refractivity contribution < 1.29 is 19.4 Å². The highest BCUT2D eigenvalue weighted by molar-refractivity contribution is 6.51. The Hall–Kier alpha value is -4.46. The number of aromatic nitrogens is 3. The first-order chi connectivity index (χ1) is 16.9. The molecule has 176 valence electrons. The number of benzene rings is 2. The van der Waals surface area contributed by atoms with Gasteiger partial charge in [-0.3, -0.25) is 19.5 Å². The summed E-state index contributed by atoms with van der Waals surface area (Å²) in [5, 5.41) is 11.3. The molecular weight excluding hydrogens is 444 g/mol. The van der Waals surface area contributed by atoms with E-state index < -0.39 is 17.7 Å². The Bertz CT molecular complexity index is 1410. The molecule has 3 heterocycles. The van der Waals surface area contributed by atoms with E-state index in [9.17, 15) is 14.7 Å². The number of rotatable bonds is 6. The van der Waals surface area contributed by atoms with E-state index in [4.69, 9.17) is 4.74 Å². The fourth-order valence-electron chi connectivity index (χ4n) is 4.07. The first-order valence-corrected chi connectivity index (χ1v) is 11.3. The molecule has 0 aliphatic carbocycles. The highest BCUT2D eigenvalue weighted by Crippen LogP contribution is 2.41. The predicted molar refractivity (Wildman–Crippen MR) is 132 cm³/mol. The number of hydrogen-bond donors (Lipinski definition) is 2. The molecule has 8 heteroatoms. The number of fused-ring (bicyclic) bond motifs is 1. The Morgan fingerprint density at radius 1 is 1.09 bits per heavy atom. The minimum Gasteiger partial charge on any atom is -0.507 e. The Morgan fingerprint density at radius 3 is 2.63 bits per heavy atom. The number of pyridine rings is 1. The van der Waals surface area contributed by atoms with Crippen LogP contribution in [-0.4, -0.2) is 38.4 Å². The van der Waals surface area contributed by atoms with Crippen LogP contribution in [0.15, 0.2) is 78.5 Å². The number of aliphatic hydroxyl groups is 1. The first-order valence-electron chi connectivity index (χ1n) is 11.3. The largest absolute Gasteiger partial charge is 0.507 e. The van der Waals surface area contributed by atoms with E-state index in [-0.39, 0.29) is 17.3 Å². The predicted octanol–water partition coefficient (Wildman–Crippen LogP) is 4.62. The number of amides is 1. The van der Waals surface area contributed by atoms with E-state index in [2.05, 4.69) is 15.0 Å². The van der Waals surface area contributed by atoms with Crippen LogP contribution >= 0.6 is 0 Å². The number of hydrogen-bond acceptors (Lipinski definition) is 6. The maximum absolute atomic E-state index is 13.3. The van der Waals surface area contributed by atoms with Gasteiger partial charge in [0.1, 0.15) is 17.6 Å². The quantitative estimate of drug-likeness (QED) is 0.243. The minimum absolute atomic E-state index is 0.0600. The average molecular weight is 469 g/mol.